The molecule has 0 bridgehead atoms. The van der Waals surface area contributed by atoms with E-state index in [-0.39, 0.29) is 11.6 Å². The molecule has 6 heteroatoms. The van der Waals surface area contributed by atoms with E-state index < -0.39 is 0 Å². The van der Waals surface area contributed by atoms with Crippen molar-refractivity contribution in [3.05, 3.63) is 42.5 Å². The van der Waals surface area contributed by atoms with Gasteiger partial charge in [-0.1, -0.05) is 12.1 Å². The van der Waals surface area contributed by atoms with Gasteiger partial charge < -0.3 is 5.73 Å². The summed E-state index contributed by atoms with van der Waals surface area (Å²) in [4.78, 5) is 12.6. The van der Waals surface area contributed by atoms with E-state index in [1.165, 1.54) is 10.8 Å². The van der Waals surface area contributed by atoms with Gasteiger partial charge in [-0.2, -0.15) is 5.26 Å². The number of aromatic nitrogens is 4. The number of fused-ring (bicyclic) bond motifs is 1. The molecule has 0 atom stereocenters. The Hall–Kier alpha value is -2.94. The highest BCUT2D eigenvalue weighted by Gasteiger charge is 2.11. The van der Waals surface area contributed by atoms with Gasteiger partial charge in [0.1, 0.15) is 6.07 Å². The van der Waals surface area contributed by atoms with Crippen LogP contribution in [0.2, 0.25) is 0 Å². The molecule has 2 aromatic heterocycles. The number of nitriles is 1. The van der Waals surface area contributed by atoms with Gasteiger partial charge in [-0.25, -0.2) is 15.0 Å². The summed E-state index contributed by atoms with van der Waals surface area (Å²) in [5.74, 6) is 0.914. The van der Waals surface area contributed by atoms with Crippen LogP contribution in [0.4, 0.5) is 5.82 Å². The Morgan fingerprint density at radius 1 is 1.17 bits per heavy atom. The first-order chi connectivity index (χ1) is 8.79. The maximum atomic E-state index is 8.95. The lowest BCUT2D eigenvalue weighted by Crippen LogP contribution is -2.06. The summed E-state index contributed by atoms with van der Waals surface area (Å²) in [5, 5.41) is 8.95. The molecule has 0 amide bonds. The standard InChI is InChI=1S/C12H8N6/c13-7-10-15-5-6-18(10)12-11(14)16-8-3-1-2-4-9(8)17-12/h1-6H,(H2,14,16). The zero-order valence-electron chi connectivity index (χ0n) is 9.28. The van der Waals surface area contributed by atoms with Crippen molar-refractivity contribution in [2.45, 2.75) is 0 Å². The van der Waals surface area contributed by atoms with Crippen molar-refractivity contribution >= 4 is 16.9 Å². The first-order valence-electron chi connectivity index (χ1n) is 5.25. The van der Waals surface area contributed by atoms with Crippen LogP contribution in [0.25, 0.3) is 16.9 Å². The quantitative estimate of drug-likeness (QED) is 0.686. The summed E-state index contributed by atoms with van der Waals surface area (Å²) in [6, 6.07) is 9.39. The molecule has 2 heterocycles. The summed E-state index contributed by atoms with van der Waals surface area (Å²) >= 11 is 0. The molecule has 0 unspecified atom stereocenters. The Bertz CT molecular complexity index is 768. The molecule has 0 spiro atoms. The Morgan fingerprint density at radius 2 is 1.89 bits per heavy atom. The van der Waals surface area contributed by atoms with Crippen LogP contribution in [0.5, 0.6) is 0 Å². The van der Waals surface area contributed by atoms with Gasteiger partial charge in [-0.15, -0.1) is 0 Å². The predicted molar refractivity (Wildman–Crippen MR) is 65.8 cm³/mol. The Morgan fingerprint density at radius 3 is 2.61 bits per heavy atom. The van der Waals surface area contributed by atoms with Gasteiger partial charge in [-0.3, -0.25) is 4.57 Å². The molecule has 0 aliphatic heterocycles. The molecule has 0 aliphatic rings. The highest BCUT2D eigenvalue weighted by Crippen LogP contribution is 2.18. The van der Waals surface area contributed by atoms with E-state index in [1.807, 2.05) is 30.3 Å². The van der Waals surface area contributed by atoms with Gasteiger partial charge in [0.2, 0.25) is 5.82 Å². The second kappa shape index (κ2) is 3.82. The fourth-order valence-electron chi connectivity index (χ4n) is 1.74. The second-order valence-electron chi connectivity index (χ2n) is 3.65. The monoisotopic (exact) mass is 236 g/mol. The average Bonchev–Trinajstić information content (AvgIpc) is 2.86. The number of para-hydroxylation sites is 2. The van der Waals surface area contributed by atoms with E-state index in [4.69, 9.17) is 11.0 Å². The third-order valence-corrected chi connectivity index (χ3v) is 2.55. The van der Waals surface area contributed by atoms with Crippen LogP contribution in [0.1, 0.15) is 5.82 Å². The van der Waals surface area contributed by atoms with Gasteiger partial charge in [0.15, 0.2) is 11.6 Å². The van der Waals surface area contributed by atoms with E-state index in [2.05, 4.69) is 15.0 Å². The lowest BCUT2D eigenvalue weighted by atomic mass is 10.3. The average molecular weight is 236 g/mol. The Kier molecular flexibility index (Phi) is 2.17. The Labute approximate surface area is 102 Å². The van der Waals surface area contributed by atoms with Crippen molar-refractivity contribution in [2.24, 2.45) is 0 Å². The fourth-order valence-corrected chi connectivity index (χ4v) is 1.74. The number of benzene rings is 1. The van der Waals surface area contributed by atoms with Gasteiger partial charge in [0.05, 0.1) is 11.0 Å². The highest BCUT2D eigenvalue weighted by atomic mass is 15.2. The first kappa shape index (κ1) is 10.2. The van der Waals surface area contributed by atoms with Gasteiger partial charge in [-0.05, 0) is 12.1 Å². The lowest BCUT2D eigenvalue weighted by molar-refractivity contribution is 0.971. The summed E-state index contributed by atoms with van der Waals surface area (Å²) in [5.41, 5.74) is 7.31. The maximum absolute atomic E-state index is 8.95. The van der Waals surface area contributed by atoms with Crippen molar-refractivity contribution in [1.29, 1.82) is 5.26 Å². The topological polar surface area (TPSA) is 93.4 Å². The van der Waals surface area contributed by atoms with Crippen LogP contribution in [0, 0.1) is 11.3 Å². The molecule has 6 nitrogen and oxygen atoms in total. The molecular formula is C12H8N6. The van der Waals surface area contributed by atoms with E-state index >= 15 is 0 Å². The highest BCUT2D eigenvalue weighted by molar-refractivity contribution is 5.77. The number of hydrogen-bond donors (Lipinski definition) is 1. The fraction of sp³-hybridized carbons (Fsp3) is 0. The zero-order chi connectivity index (χ0) is 12.5. The van der Waals surface area contributed by atoms with Crippen molar-refractivity contribution in [2.75, 3.05) is 5.73 Å². The minimum atomic E-state index is 0.228. The summed E-state index contributed by atoms with van der Waals surface area (Å²) in [6.07, 6.45) is 3.16. The molecule has 0 fully saturated rings. The van der Waals surface area contributed by atoms with Crippen molar-refractivity contribution in [3.8, 4) is 11.9 Å². The number of nitrogens with zero attached hydrogens (tertiary/aromatic N) is 5. The van der Waals surface area contributed by atoms with Crippen molar-refractivity contribution in [1.82, 2.24) is 19.5 Å². The molecule has 86 valence electrons. The maximum Gasteiger partial charge on any atom is 0.218 e. The minimum absolute atomic E-state index is 0.228. The number of anilines is 1. The molecule has 1 aromatic carbocycles. The SMILES string of the molecule is N#Cc1nccn1-c1nc2ccccc2nc1N. The summed E-state index contributed by atoms with van der Waals surface area (Å²) < 4.78 is 1.52. The van der Waals surface area contributed by atoms with Gasteiger partial charge in [0, 0.05) is 12.4 Å². The zero-order valence-corrected chi connectivity index (χ0v) is 9.28. The second-order valence-corrected chi connectivity index (χ2v) is 3.65. The van der Waals surface area contributed by atoms with Crippen LogP contribution >= 0.6 is 0 Å². The molecule has 3 aromatic rings. The number of imidazole rings is 1. The number of hydrogen-bond acceptors (Lipinski definition) is 5. The van der Waals surface area contributed by atoms with Crippen molar-refractivity contribution in [3.63, 3.8) is 0 Å². The summed E-state index contributed by atoms with van der Waals surface area (Å²) in [6.45, 7) is 0. The van der Waals surface area contributed by atoms with Crippen LogP contribution in [0.15, 0.2) is 36.7 Å². The summed E-state index contributed by atoms with van der Waals surface area (Å²) in [7, 11) is 0. The number of rotatable bonds is 1. The largest absolute Gasteiger partial charge is 0.381 e. The van der Waals surface area contributed by atoms with Crippen LogP contribution in [-0.4, -0.2) is 19.5 Å². The molecule has 0 radical (unpaired) electrons. The number of nitrogen functional groups attached to an aromatic ring is 1. The van der Waals surface area contributed by atoms with Crippen LogP contribution in [-0.2, 0) is 0 Å². The minimum Gasteiger partial charge on any atom is -0.381 e. The molecule has 3 rings (SSSR count). The van der Waals surface area contributed by atoms with Crippen molar-refractivity contribution < 1.29 is 0 Å². The normalized spacial score (nSPS) is 10.4. The smallest absolute Gasteiger partial charge is 0.218 e. The molecule has 0 aliphatic carbocycles. The molecule has 18 heavy (non-hydrogen) atoms. The Balaban J connectivity index is 2.30. The van der Waals surface area contributed by atoms with Gasteiger partial charge in [0.25, 0.3) is 0 Å². The molecular weight excluding hydrogens is 228 g/mol. The van der Waals surface area contributed by atoms with Crippen LogP contribution in [0.3, 0.4) is 0 Å². The van der Waals surface area contributed by atoms with Crippen LogP contribution < -0.4 is 5.73 Å². The number of nitrogens with two attached hydrogens (primary N) is 1. The van der Waals surface area contributed by atoms with E-state index in [0.717, 1.165) is 11.0 Å². The third kappa shape index (κ3) is 1.46. The first-order valence-corrected chi connectivity index (χ1v) is 5.25. The van der Waals surface area contributed by atoms with E-state index in [9.17, 15) is 0 Å². The van der Waals surface area contributed by atoms with E-state index in [1.54, 1.807) is 6.20 Å². The molecule has 2 N–H and O–H groups in total. The molecule has 0 saturated carbocycles. The lowest BCUT2D eigenvalue weighted by Gasteiger charge is -2.07. The van der Waals surface area contributed by atoms with E-state index in [0.29, 0.717) is 5.82 Å². The predicted octanol–water partition coefficient (Wildman–Crippen LogP) is 1.27. The van der Waals surface area contributed by atoms with Gasteiger partial charge >= 0.3 is 0 Å². The third-order valence-electron chi connectivity index (χ3n) is 2.55. The molecule has 0 saturated heterocycles.